The van der Waals surface area contributed by atoms with Gasteiger partial charge >= 0.3 is 0 Å². The molecule has 7 heteroatoms. The van der Waals surface area contributed by atoms with Crippen molar-refractivity contribution in [2.75, 3.05) is 19.0 Å². The first-order valence-corrected chi connectivity index (χ1v) is 20.3. The van der Waals surface area contributed by atoms with Gasteiger partial charge in [0.15, 0.2) is 0 Å². The summed E-state index contributed by atoms with van der Waals surface area (Å²) in [5.74, 6) is 6.10. The molecule has 5 aliphatic rings. The molecular formula is C39H68O6S. The van der Waals surface area contributed by atoms with Crippen LogP contribution in [0.15, 0.2) is 11.6 Å². The SMILES string of the molecule is CC(C)CCCC(C)[C@H]1CC[C@H]2C3CC=C4C[C@@H](OCCCCCCS[C@@H]5O[C@@H](CO)[C@@H](O)[C@H](O)[C@@H]5O)CC[C@]4(C)[C@H]3CC[C@]12C. The zero-order valence-electron chi connectivity index (χ0n) is 29.7. The quantitative estimate of drug-likeness (QED) is 0.106. The fourth-order valence-electron chi connectivity index (χ4n) is 11.0. The lowest BCUT2D eigenvalue weighted by Crippen LogP contribution is -2.57. The van der Waals surface area contributed by atoms with E-state index >= 15 is 0 Å². The molecule has 0 amide bonds. The highest BCUT2D eigenvalue weighted by molar-refractivity contribution is 7.99. The van der Waals surface area contributed by atoms with Crippen molar-refractivity contribution < 1.29 is 29.9 Å². The van der Waals surface area contributed by atoms with E-state index in [9.17, 15) is 20.4 Å². The van der Waals surface area contributed by atoms with Crippen molar-refractivity contribution >= 4 is 11.8 Å². The van der Waals surface area contributed by atoms with E-state index in [1.807, 2.05) is 0 Å². The Hall–Kier alpha value is -0.150. The summed E-state index contributed by atoms with van der Waals surface area (Å²) in [5, 5.41) is 39.5. The van der Waals surface area contributed by atoms with Gasteiger partial charge in [0, 0.05) is 6.61 Å². The molecule has 0 aromatic carbocycles. The van der Waals surface area contributed by atoms with Gasteiger partial charge in [-0.2, -0.15) is 0 Å². The highest BCUT2D eigenvalue weighted by atomic mass is 32.2. The number of unbranched alkanes of at least 4 members (excludes halogenated alkanes) is 3. The number of allylic oxidation sites excluding steroid dienone is 1. The molecule has 4 N–H and O–H groups in total. The van der Waals surface area contributed by atoms with Crippen molar-refractivity contribution in [3.63, 3.8) is 0 Å². The van der Waals surface area contributed by atoms with Gasteiger partial charge in [0.1, 0.15) is 29.9 Å². The van der Waals surface area contributed by atoms with Gasteiger partial charge in [-0.1, -0.05) is 78.4 Å². The Labute approximate surface area is 284 Å². The van der Waals surface area contributed by atoms with Crippen molar-refractivity contribution in [2.45, 2.75) is 167 Å². The van der Waals surface area contributed by atoms with Crippen LogP contribution in [0.25, 0.3) is 0 Å². The molecule has 1 aliphatic heterocycles. The molecule has 1 heterocycles. The van der Waals surface area contributed by atoms with E-state index in [1.165, 1.54) is 76.0 Å². The summed E-state index contributed by atoms with van der Waals surface area (Å²) in [6, 6.07) is 0. The lowest BCUT2D eigenvalue weighted by atomic mass is 9.47. The maximum absolute atomic E-state index is 10.2. The minimum Gasteiger partial charge on any atom is -0.394 e. The molecule has 13 atom stereocenters. The van der Waals surface area contributed by atoms with Gasteiger partial charge in [-0.15, -0.1) is 11.8 Å². The van der Waals surface area contributed by atoms with E-state index in [0.29, 0.717) is 16.9 Å². The fraction of sp³-hybridized carbons (Fsp3) is 0.949. The first-order chi connectivity index (χ1) is 22.0. The van der Waals surface area contributed by atoms with E-state index in [0.717, 1.165) is 80.0 Å². The van der Waals surface area contributed by atoms with E-state index in [1.54, 1.807) is 5.57 Å². The van der Waals surface area contributed by atoms with Crippen LogP contribution >= 0.6 is 11.8 Å². The van der Waals surface area contributed by atoms with Crippen molar-refractivity contribution in [1.29, 1.82) is 0 Å². The second kappa shape index (κ2) is 16.2. The van der Waals surface area contributed by atoms with Crippen LogP contribution in [0.4, 0.5) is 0 Å². The molecule has 0 aromatic rings. The molecule has 3 saturated carbocycles. The van der Waals surface area contributed by atoms with Gasteiger partial charge in [0.2, 0.25) is 0 Å². The third-order valence-corrected chi connectivity index (χ3v) is 15.0. The summed E-state index contributed by atoms with van der Waals surface area (Å²) in [4.78, 5) is 0. The molecule has 0 spiro atoms. The highest BCUT2D eigenvalue weighted by Crippen LogP contribution is 2.67. The van der Waals surface area contributed by atoms with Crippen LogP contribution in [0.2, 0.25) is 0 Å². The Kier molecular flexibility index (Phi) is 13.1. The van der Waals surface area contributed by atoms with Crippen LogP contribution in [-0.2, 0) is 9.47 Å². The average molecular weight is 665 g/mol. The second-order valence-electron chi connectivity index (χ2n) is 17.0. The number of aliphatic hydroxyl groups is 4. The van der Waals surface area contributed by atoms with Gasteiger partial charge in [0.05, 0.1) is 12.7 Å². The van der Waals surface area contributed by atoms with Gasteiger partial charge in [-0.3, -0.25) is 0 Å². The smallest absolute Gasteiger partial charge is 0.132 e. The number of fused-ring (bicyclic) bond motifs is 5. The monoisotopic (exact) mass is 664 g/mol. The Balaban J connectivity index is 1.02. The van der Waals surface area contributed by atoms with Gasteiger partial charge in [0.25, 0.3) is 0 Å². The van der Waals surface area contributed by atoms with Crippen LogP contribution in [0.5, 0.6) is 0 Å². The number of hydrogen-bond donors (Lipinski definition) is 4. The van der Waals surface area contributed by atoms with E-state index in [-0.39, 0.29) is 6.61 Å². The lowest BCUT2D eigenvalue weighted by Gasteiger charge is -2.58. The largest absolute Gasteiger partial charge is 0.394 e. The average Bonchev–Trinajstić information content (AvgIpc) is 3.39. The summed E-state index contributed by atoms with van der Waals surface area (Å²) in [6.07, 6.45) is 17.7. The topological polar surface area (TPSA) is 99.4 Å². The molecule has 6 nitrogen and oxygen atoms in total. The zero-order valence-corrected chi connectivity index (χ0v) is 30.6. The van der Waals surface area contributed by atoms with Gasteiger partial charge in [-0.05, 0) is 116 Å². The predicted molar refractivity (Wildman–Crippen MR) is 187 cm³/mol. The number of thioether (sulfide) groups is 1. The Morgan fingerprint density at radius 1 is 0.891 bits per heavy atom. The normalized spacial score (nSPS) is 43.1. The number of rotatable bonds is 15. The maximum atomic E-state index is 10.2. The minimum atomic E-state index is -1.29. The molecule has 0 bridgehead atoms. The molecule has 266 valence electrons. The first-order valence-electron chi connectivity index (χ1n) is 19.2. The van der Waals surface area contributed by atoms with Crippen LogP contribution in [0.1, 0.15) is 131 Å². The van der Waals surface area contributed by atoms with Crippen molar-refractivity contribution in [3.8, 4) is 0 Å². The molecule has 4 aliphatic carbocycles. The van der Waals surface area contributed by atoms with Crippen molar-refractivity contribution in [3.05, 3.63) is 11.6 Å². The number of ether oxygens (including phenoxy) is 2. The van der Waals surface area contributed by atoms with Gasteiger partial charge in [-0.25, -0.2) is 0 Å². The second-order valence-corrected chi connectivity index (χ2v) is 18.2. The maximum Gasteiger partial charge on any atom is 0.132 e. The molecular weight excluding hydrogens is 596 g/mol. The summed E-state index contributed by atoms with van der Waals surface area (Å²) < 4.78 is 12.1. The van der Waals surface area contributed by atoms with E-state index in [4.69, 9.17) is 9.47 Å². The molecule has 0 aromatic heterocycles. The molecule has 2 unspecified atom stereocenters. The first kappa shape index (κ1) is 37.1. The fourth-order valence-corrected chi connectivity index (χ4v) is 12.2. The third-order valence-electron chi connectivity index (χ3n) is 13.8. The molecule has 1 saturated heterocycles. The molecule has 4 fully saturated rings. The van der Waals surface area contributed by atoms with Crippen LogP contribution < -0.4 is 0 Å². The van der Waals surface area contributed by atoms with Crippen LogP contribution in [0, 0.1) is 46.3 Å². The standard InChI is InChI=1S/C39H68O6S/c1-25(2)11-10-12-26(3)30-15-16-31-29-14-13-27-23-28(17-19-38(27,4)32(29)18-20-39(30,31)5)44-21-8-6-7-9-22-46-37-36(43)35(42)34(41)33(24-40)45-37/h13,25-26,28-37,40-43H,6-12,14-24H2,1-5H3/t26?,28-,29?,30+,31-,32-,33-,34+,35-,36-,37-,38-,39+/m0/s1. The molecule has 0 radical (unpaired) electrons. The van der Waals surface area contributed by atoms with Crippen LogP contribution in [0.3, 0.4) is 0 Å². The van der Waals surface area contributed by atoms with Crippen molar-refractivity contribution in [2.24, 2.45) is 46.3 Å². The van der Waals surface area contributed by atoms with Crippen LogP contribution in [-0.4, -0.2) is 75.3 Å². The Morgan fingerprint density at radius 3 is 2.43 bits per heavy atom. The van der Waals surface area contributed by atoms with Gasteiger partial charge < -0.3 is 29.9 Å². The Morgan fingerprint density at radius 2 is 1.67 bits per heavy atom. The highest BCUT2D eigenvalue weighted by Gasteiger charge is 2.59. The summed E-state index contributed by atoms with van der Waals surface area (Å²) >= 11 is 1.45. The Bertz CT molecular complexity index is 988. The lowest BCUT2D eigenvalue weighted by molar-refractivity contribution is -0.205. The molecule has 5 rings (SSSR count). The molecule has 46 heavy (non-hydrogen) atoms. The predicted octanol–water partition coefficient (Wildman–Crippen LogP) is 7.51. The minimum absolute atomic E-state index is 0.369. The van der Waals surface area contributed by atoms with E-state index < -0.39 is 29.9 Å². The number of aliphatic hydroxyl groups excluding tert-OH is 4. The number of hydrogen-bond acceptors (Lipinski definition) is 7. The zero-order chi connectivity index (χ0) is 33.1. The van der Waals surface area contributed by atoms with E-state index in [2.05, 4.69) is 40.7 Å². The summed E-state index contributed by atoms with van der Waals surface area (Å²) in [5.41, 5.74) is 2.03. The summed E-state index contributed by atoms with van der Waals surface area (Å²) in [6.45, 7) is 13.1. The summed E-state index contributed by atoms with van der Waals surface area (Å²) in [7, 11) is 0. The third kappa shape index (κ3) is 7.92. The van der Waals surface area contributed by atoms with Crippen molar-refractivity contribution in [1.82, 2.24) is 0 Å².